The molecule has 2 heterocycles. The second kappa shape index (κ2) is 9.00. The third kappa shape index (κ3) is 3.84. The largest absolute Gasteiger partial charge is 0.497 e. The lowest BCUT2D eigenvalue weighted by atomic mass is 10.1. The normalized spacial score (nSPS) is 14.5. The number of rotatable bonds is 5. The highest BCUT2D eigenvalue weighted by atomic mass is 16.5. The van der Waals surface area contributed by atoms with Crippen LogP contribution in [0.3, 0.4) is 0 Å². The van der Waals surface area contributed by atoms with E-state index in [0.717, 1.165) is 33.5 Å². The third-order valence-corrected chi connectivity index (χ3v) is 6.10. The van der Waals surface area contributed by atoms with Crippen LogP contribution in [-0.2, 0) is 4.79 Å². The van der Waals surface area contributed by atoms with Crippen molar-refractivity contribution in [3.05, 3.63) is 120 Å². The predicted molar refractivity (Wildman–Crippen MR) is 143 cm³/mol. The first-order valence-corrected chi connectivity index (χ1v) is 11.6. The number of nitrogens with one attached hydrogen (secondary N) is 1. The van der Waals surface area contributed by atoms with E-state index in [1.54, 1.807) is 18.1 Å². The van der Waals surface area contributed by atoms with E-state index >= 15 is 0 Å². The molecule has 4 aromatic carbocycles. The number of hydrogen-bond donors (Lipinski definition) is 1. The van der Waals surface area contributed by atoms with Gasteiger partial charge in [0.15, 0.2) is 0 Å². The molecule has 0 saturated carbocycles. The smallest absolute Gasteiger partial charge is 0.282 e. The van der Waals surface area contributed by atoms with Gasteiger partial charge in [-0.05, 0) is 48.0 Å². The number of ether oxygens (including phenoxy) is 1. The molecule has 0 radical (unpaired) electrons. The molecular formula is C30H22N4O2. The van der Waals surface area contributed by atoms with Crippen LogP contribution < -0.4 is 9.64 Å². The van der Waals surface area contributed by atoms with Crippen LogP contribution in [0.5, 0.6) is 5.75 Å². The highest BCUT2D eigenvalue weighted by Gasteiger charge is 2.34. The first-order chi connectivity index (χ1) is 17.7. The summed E-state index contributed by atoms with van der Waals surface area (Å²) < 4.78 is 5.25. The molecule has 6 rings (SSSR count). The van der Waals surface area contributed by atoms with Gasteiger partial charge in [-0.25, -0.2) is 9.98 Å². The Labute approximate surface area is 208 Å². The number of carbonyl (C=O) groups excluding carboxylic acids is 1. The lowest BCUT2D eigenvalue weighted by Crippen LogP contribution is -2.33. The Balaban J connectivity index is 1.48. The van der Waals surface area contributed by atoms with Gasteiger partial charge < -0.3 is 9.72 Å². The fourth-order valence-electron chi connectivity index (χ4n) is 4.33. The number of methoxy groups -OCH3 is 1. The van der Waals surface area contributed by atoms with Gasteiger partial charge >= 0.3 is 0 Å². The minimum atomic E-state index is -0.201. The van der Waals surface area contributed by atoms with Crippen molar-refractivity contribution in [2.75, 3.05) is 12.0 Å². The molecular weight excluding hydrogens is 448 g/mol. The van der Waals surface area contributed by atoms with E-state index in [1.807, 2.05) is 103 Å². The number of para-hydroxylation sites is 3. The quantitative estimate of drug-likeness (QED) is 0.317. The number of fused-ring (bicyclic) bond motifs is 1. The fraction of sp³-hybridized carbons (Fsp3) is 0.0333. The molecule has 0 atom stereocenters. The summed E-state index contributed by atoms with van der Waals surface area (Å²) in [5.41, 5.74) is 5.41. The van der Waals surface area contributed by atoms with E-state index in [4.69, 9.17) is 14.7 Å². The van der Waals surface area contributed by atoms with Gasteiger partial charge in [0, 0.05) is 11.1 Å². The summed E-state index contributed by atoms with van der Waals surface area (Å²) in [6.45, 7) is 0. The summed E-state index contributed by atoms with van der Waals surface area (Å²) in [6, 6.07) is 32.9. The van der Waals surface area contributed by atoms with Crippen molar-refractivity contribution in [3.63, 3.8) is 0 Å². The molecule has 1 aliphatic heterocycles. The van der Waals surface area contributed by atoms with Crippen LogP contribution in [0.15, 0.2) is 114 Å². The molecule has 1 aromatic heterocycles. The number of nitrogens with zero attached hydrogens (tertiary/aromatic N) is 3. The number of amides is 1. The van der Waals surface area contributed by atoms with Crippen molar-refractivity contribution in [1.29, 1.82) is 0 Å². The first kappa shape index (κ1) is 21.6. The average Bonchev–Trinajstić information content (AvgIpc) is 3.51. The number of aliphatic imine (C=N–C) groups is 1. The van der Waals surface area contributed by atoms with Crippen LogP contribution in [0.4, 0.5) is 5.69 Å². The molecule has 0 spiro atoms. The molecule has 0 bridgehead atoms. The van der Waals surface area contributed by atoms with E-state index in [0.29, 0.717) is 23.0 Å². The van der Waals surface area contributed by atoms with Gasteiger partial charge in [-0.2, -0.15) is 0 Å². The summed E-state index contributed by atoms with van der Waals surface area (Å²) in [7, 11) is 1.63. The van der Waals surface area contributed by atoms with Crippen LogP contribution in [0.1, 0.15) is 11.1 Å². The molecule has 0 saturated heterocycles. The number of aromatic amines is 1. The molecule has 0 aliphatic carbocycles. The molecule has 36 heavy (non-hydrogen) atoms. The van der Waals surface area contributed by atoms with E-state index in [1.165, 1.54) is 0 Å². The molecule has 0 fully saturated rings. The minimum Gasteiger partial charge on any atom is -0.497 e. The second-order valence-corrected chi connectivity index (χ2v) is 8.36. The average molecular weight is 471 g/mol. The molecule has 1 amide bonds. The zero-order valence-electron chi connectivity index (χ0n) is 19.6. The SMILES string of the molecule is COc1ccc(/C=C2\N=C(c3ccccc3)N(c3ccccc3-c3nc4ccccc4[nH]3)C2=O)cc1. The van der Waals surface area contributed by atoms with Gasteiger partial charge in [0.05, 0.1) is 23.8 Å². The van der Waals surface area contributed by atoms with Gasteiger partial charge in [-0.1, -0.05) is 66.7 Å². The van der Waals surface area contributed by atoms with Gasteiger partial charge in [-0.3, -0.25) is 9.69 Å². The van der Waals surface area contributed by atoms with E-state index in [9.17, 15) is 4.79 Å². The number of amidine groups is 1. The number of carbonyl (C=O) groups is 1. The van der Waals surface area contributed by atoms with Crippen LogP contribution >= 0.6 is 0 Å². The maximum absolute atomic E-state index is 13.9. The minimum absolute atomic E-state index is 0.201. The fourth-order valence-corrected chi connectivity index (χ4v) is 4.33. The van der Waals surface area contributed by atoms with Crippen LogP contribution in [0.25, 0.3) is 28.5 Å². The lowest BCUT2D eigenvalue weighted by molar-refractivity contribution is -0.113. The summed E-state index contributed by atoms with van der Waals surface area (Å²) in [5.74, 6) is 1.82. The van der Waals surface area contributed by atoms with Crippen molar-refractivity contribution in [3.8, 4) is 17.1 Å². The number of anilines is 1. The molecule has 0 unspecified atom stereocenters. The van der Waals surface area contributed by atoms with Crippen molar-refractivity contribution >= 4 is 34.5 Å². The Morgan fingerprint density at radius 2 is 1.56 bits per heavy atom. The predicted octanol–water partition coefficient (Wildman–Crippen LogP) is 6.07. The van der Waals surface area contributed by atoms with Crippen LogP contribution in [0.2, 0.25) is 0 Å². The third-order valence-electron chi connectivity index (χ3n) is 6.10. The maximum atomic E-state index is 13.9. The summed E-state index contributed by atoms with van der Waals surface area (Å²) in [4.78, 5) is 28.5. The van der Waals surface area contributed by atoms with Crippen molar-refractivity contribution < 1.29 is 9.53 Å². The molecule has 6 nitrogen and oxygen atoms in total. The monoisotopic (exact) mass is 470 g/mol. The van der Waals surface area contributed by atoms with Crippen molar-refractivity contribution in [2.24, 2.45) is 4.99 Å². The van der Waals surface area contributed by atoms with Crippen molar-refractivity contribution in [1.82, 2.24) is 9.97 Å². The Morgan fingerprint density at radius 3 is 2.33 bits per heavy atom. The number of aromatic nitrogens is 2. The Hall–Kier alpha value is -4.97. The second-order valence-electron chi connectivity index (χ2n) is 8.36. The van der Waals surface area contributed by atoms with Gasteiger partial charge in [0.1, 0.15) is 23.1 Å². The van der Waals surface area contributed by atoms with Crippen LogP contribution in [0, 0.1) is 0 Å². The van der Waals surface area contributed by atoms with E-state index in [2.05, 4.69) is 4.98 Å². The highest BCUT2D eigenvalue weighted by Crippen LogP contribution is 2.35. The number of H-pyrrole nitrogens is 1. The molecule has 174 valence electrons. The topological polar surface area (TPSA) is 70.6 Å². The number of hydrogen-bond acceptors (Lipinski definition) is 4. The summed E-state index contributed by atoms with van der Waals surface area (Å²) in [6.07, 6.45) is 1.80. The first-order valence-electron chi connectivity index (χ1n) is 11.6. The Bertz CT molecular complexity index is 1600. The molecule has 5 aromatic rings. The lowest BCUT2D eigenvalue weighted by Gasteiger charge is -2.21. The molecule has 1 N–H and O–H groups in total. The maximum Gasteiger partial charge on any atom is 0.282 e. The van der Waals surface area contributed by atoms with Gasteiger partial charge in [0.2, 0.25) is 0 Å². The molecule has 6 heteroatoms. The zero-order chi connectivity index (χ0) is 24.5. The van der Waals surface area contributed by atoms with E-state index in [-0.39, 0.29) is 5.91 Å². The highest BCUT2D eigenvalue weighted by molar-refractivity contribution is 6.34. The zero-order valence-corrected chi connectivity index (χ0v) is 19.6. The van der Waals surface area contributed by atoms with E-state index < -0.39 is 0 Å². The summed E-state index contributed by atoms with van der Waals surface area (Å²) in [5, 5.41) is 0. The summed E-state index contributed by atoms with van der Waals surface area (Å²) >= 11 is 0. The van der Waals surface area contributed by atoms with Gasteiger partial charge in [-0.15, -0.1) is 0 Å². The van der Waals surface area contributed by atoms with Crippen molar-refractivity contribution in [2.45, 2.75) is 0 Å². The standard InChI is InChI=1S/C30H22N4O2/c1-36-22-17-15-20(16-18-22)19-26-30(35)34(29(33-26)21-9-3-2-4-10-21)27-14-8-5-11-23(27)28-31-24-12-6-7-13-25(24)32-28/h2-19H,1H3,(H,31,32)/b26-19-. The van der Waals surface area contributed by atoms with Gasteiger partial charge in [0.25, 0.3) is 5.91 Å². The number of benzene rings is 4. The Morgan fingerprint density at radius 1 is 0.833 bits per heavy atom. The Kier molecular flexibility index (Phi) is 5.39. The number of imidazole rings is 1. The van der Waals surface area contributed by atoms with Crippen LogP contribution in [-0.4, -0.2) is 28.8 Å². The molecule has 1 aliphatic rings.